The first-order valence-corrected chi connectivity index (χ1v) is 7.03. The summed E-state index contributed by atoms with van der Waals surface area (Å²) in [5.41, 5.74) is -0.418. The third kappa shape index (κ3) is 3.97. The molecular formula is C15H19F3N2O. The van der Waals surface area contributed by atoms with Crippen LogP contribution >= 0.6 is 0 Å². The van der Waals surface area contributed by atoms with Gasteiger partial charge in [0, 0.05) is 12.5 Å². The molecule has 21 heavy (non-hydrogen) atoms. The molecule has 1 amide bonds. The summed E-state index contributed by atoms with van der Waals surface area (Å²) in [6.07, 6.45) is -4.18. The van der Waals surface area contributed by atoms with Crippen LogP contribution in [0.1, 0.15) is 18.1 Å². The first-order chi connectivity index (χ1) is 9.89. The molecule has 0 aliphatic carbocycles. The molecule has 6 heteroatoms. The number of hydrogen-bond acceptors (Lipinski definition) is 2. The average molecular weight is 300 g/mol. The molecule has 0 bridgehead atoms. The summed E-state index contributed by atoms with van der Waals surface area (Å²) >= 11 is 0. The maximum absolute atomic E-state index is 12.8. The lowest BCUT2D eigenvalue weighted by Gasteiger charge is -2.31. The molecule has 1 aromatic carbocycles. The molecular weight excluding hydrogens is 281 g/mol. The standard InChI is InChI=1S/C15H19F3N2O/c1-10(12-8-19-9-12)14(21)20-7-6-11-4-2-3-5-13(11)15(16,17)18/h2-5,10,12,19H,6-9H2,1H3,(H,20,21). The summed E-state index contributed by atoms with van der Waals surface area (Å²) in [5.74, 6) is 0.127. The SMILES string of the molecule is CC(C(=O)NCCc1ccccc1C(F)(F)F)C1CNC1. The second-order valence-corrected chi connectivity index (χ2v) is 5.40. The van der Waals surface area contributed by atoms with Crippen LogP contribution in [-0.2, 0) is 17.4 Å². The second-order valence-electron chi connectivity index (χ2n) is 5.40. The number of carbonyl (C=O) groups is 1. The van der Waals surface area contributed by atoms with Crippen molar-refractivity contribution in [3.63, 3.8) is 0 Å². The summed E-state index contributed by atoms with van der Waals surface area (Å²) in [6.45, 7) is 3.72. The van der Waals surface area contributed by atoms with Gasteiger partial charge in [0.05, 0.1) is 5.56 Å². The predicted molar refractivity (Wildman–Crippen MR) is 73.7 cm³/mol. The lowest BCUT2D eigenvalue weighted by Crippen LogP contribution is -2.49. The van der Waals surface area contributed by atoms with Gasteiger partial charge in [-0.3, -0.25) is 4.79 Å². The average Bonchev–Trinajstić information content (AvgIpc) is 2.36. The van der Waals surface area contributed by atoms with E-state index in [0.29, 0.717) is 5.92 Å². The largest absolute Gasteiger partial charge is 0.416 e. The Bertz CT molecular complexity index is 498. The van der Waals surface area contributed by atoms with Crippen molar-refractivity contribution < 1.29 is 18.0 Å². The fraction of sp³-hybridized carbons (Fsp3) is 0.533. The van der Waals surface area contributed by atoms with Gasteiger partial charge in [0.1, 0.15) is 0 Å². The van der Waals surface area contributed by atoms with E-state index in [1.165, 1.54) is 12.1 Å². The number of alkyl halides is 3. The number of rotatable bonds is 5. The van der Waals surface area contributed by atoms with Crippen LogP contribution in [-0.4, -0.2) is 25.5 Å². The molecule has 1 heterocycles. The highest BCUT2D eigenvalue weighted by Gasteiger charge is 2.33. The Labute approximate surface area is 121 Å². The molecule has 2 N–H and O–H groups in total. The number of halogens is 3. The molecule has 116 valence electrons. The van der Waals surface area contributed by atoms with E-state index >= 15 is 0 Å². The van der Waals surface area contributed by atoms with Gasteiger partial charge in [0.2, 0.25) is 5.91 Å². The second kappa shape index (κ2) is 6.47. The van der Waals surface area contributed by atoms with Crippen molar-refractivity contribution in [1.29, 1.82) is 0 Å². The molecule has 3 nitrogen and oxygen atoms in total. The van der Waals surface area contributed by atoms with Gasteiger partial charge in [-0.2, -0.15) is 13.2 Å². The fourth-order valence-electron chi connectivity index (χ4n) is 2.37. The van der Waals surface area contributed by atoms with E-state index in [0.717, 1.165) is 19.2 Å². The van der Waals surface area contributed by atoms with E-state index < -0.39 is 11.7 Å². The van der Waals surface area contributed by atoms with Crippen molar-refractivity contribution in [2.45, 2.75) is 19.5 Å². The van der Waals surface area contributed by atoms with E-state index in [1.54, 1.807) is 6.07 Å². The minimum Gasteiger partial charge on any atom is -0.356 e. The molecule has 1 aliphatic rings. The number of carbonyl (C=O) groups excluding carboxylic acids is 1. The Morgan fingerprint density at radius 2 is 2.05 bits per heavy atom. The molecule has 2 rings (SSSR count). The van der Waals surface area contributed by atoms with Crippen LogP contribution in [0, 0.1) is 11.8 Å². The highest BCUT2D eigenvalue weighted by molar-refractivity contribution is 5.78. The van der Waals surface area contributed by atoms with Gasteiger partial charge < -0.3 is 10.6 Å². The third-order valence-corrected chi connectivity index (χ3v) is 3.95. The van der Waals surface area contributed by atoms with Crippen molar-refractivity contribution in [3.05, 3.63) is 35.4 Å². The van der Waals surface area contributed by atoms with Crippen LogP contribution in [0.2, 0.25) is 0 Å². The normalized spacial score (nSPS) is 17.1. The Morgan fingerprint density at radius 1 is 1.38 bits per heavy atom. The maximum Gasteiger partial charge on any atom is 0.416 e. The van der Waals surface area contributed by atoms with Crippen molar-refractivity contribution in [2.75, 3.05) is 19.6 Å². The summed E-state index contributed by atoms with van der Waals surface area (Å²) in [5, 5.41) is 5.82. The number of nitrogens with one attached hydrogen (secondary N) is 2. The van der Waals surface area contributed by atoms with E-state index in [1.807, 2.05) is 6.92 Å². The van der Waals surface area contributed by atoms with Gasteiger partial charge in [-0.15, -0.1) is 0 Å². The molecule has 1 aliphatic heterocycles. The van der Waals surface area contributed by atoms with Gasteiger partial charge >= 0.3 is 6.18 Å². The van der Waals surface area contributed by atoms with Gasteiger partial charge in [-0.05, 0) is 37.1 Å². The van der Waals surface area contributed by atoms with Gasteiger partial charge in [-0.25, -0.2) is 0 Å². The van der Waals surface area contributed by atoms with Gasteiger partial charge in [-0.1, -0.05) is 25.1 Å². The first-order valence-electron chi connectivity index (χ1n) is 7.03. The summed E-state index contributed by atoms with van der Waals surface area (Å²) in [6, 6.07) is 5.47. The zero-order valence-electron chi connectivity index (χ0n) is 11.8. The Hall–Kier alpha value is -1.56. The van der Waals surface area contributed by atoms with Gasteiger partial charge in [0.25, 0.3) is 0 Å². The van der Waals surface area contributed by atoms with Crippen LogP contribution in [0.15, 0.2) is 24.3 Å². The number of amides is 1. The van der Waals surface area contributed by atoms with Crippen LogP contribution in [0.5, 0.6) is 0 Å². The minimum absolute atomic E-state index is 0.0917. The van der Waals surface area contributed by atoms with Crippen molar-refractivity contribution in [2.24, 2.45) is 11.8 Å². The maximum atomic E-state index is 12.8. The smallest absolute Gasteiger partial charge is 0.356 e. The molecule has 1 atom stereocenters. The van der Waals surface area contributed by atoms with E-state index in [2.05, 4.69) is 10.6 Å². The Kier molecular flexibility index (Phi) is 4.88. The summed E-state index contributed by atoms with van der Waals surface area (Å²) in [7, 11) is 0. The minimum atomic E-state index is -4.36. The van der Waals surface area contributed by atoms with E-state index in [-0.39, 0.29) is 30.4 Å². The lowest BCUT2D eigenvalue weighted by molar-refractivity contribution is -0.138. The number of benzene rings is 1. The van der Waals surface area contributed by atoms with Crippen LogP contribution < -0.4 is 10.6 Å². The molecule has 0 spiro atoms. The quantitative estimate of drug-likeness (QED) is 0.875. The van der Waals surface area contributed by atoms with E-state index in [9.17, 15) is 18.0 Å². The molecule has 0 aromatic heterocycles. The van der Waals surface area contributed by atoms with E-state index in [4.69, 9.17) is 0 Å². The molecule has 1 unspecified atom stereocenters. The summed E-state index contributed by atoms with van der Waals surface area (Å²) in [4.78, 5) is 11.9. The van der Waals surface area contributed by atoms with Crippen molar-refractivity contribution in [1.82, 2.24) is 10.6 Å². The molecule has 1 aromatic rings. The zero-order valence-corrected chi connectivity index (χ0v) is 11.8. The monoisotopic (exact) mass is 300 g/mol. The van der Waals surface area contributed by atoms with Crippen LogP contribution in [0.4, 0.5) is 13.2 Å². The van der Waals surface area contributed by atoms with Crippen LogP contribution in [0.3, 0.4) is 0 Å². The lowest BCUT2D eigenvalue weighted by atomic mass is 9.88. The van der Waals surface area contributed by atoms with Gasteiger partial charge in [0.15, 0.2) is 0 Å². The Morgan fingerprint density at radius 3 is 2.62 bits per heavy atom. The first kappa shape index (κ1) is 15.8. The molecule has 1 fully saturated rings. The van der Waals surface area contributed by atoms with Crippen molar-refractivity contribution >= 4 is 5.91 Å². The number of hydrogen-bond donors (Lipinski definition) is 2. The van der Waals surface area contributed by atoms with Crippen LogP contribution in [0.25, 0.3) is 0 Å². The highest BCUT2D eigenvalue weighted by atomic mass is 19.4. The summed E-state index contributed by atoms with van der Waals surface area (Å²) < 4.78 is 38.5. The molecule has 0 radical (unpaired) electrons. The highest BCUT2D eigenvalue weighted by Crippen LogP contribution is 2.31. The molecule has 1 saturated heterocycles. The third-order valence-electron chi connectivity index (χ3n) is 3.95. The topological polar surface area (TPSA) is 41.1 Å². The predicted octanol–water partition coefficient (Wildman–Crippen LogP) is 2.22. The fourth-order valence-corrected chi connectivity index (χ4v) is 2.37. The molecule has 0 saturated carbocycles. The van der Waals surface area contributed by atoms with Crippen molar-refractivity contribution in [3.8, 4) is 0 Å². The Balaban J connectivity index is 1.87. The zero-order chi connectivity index (χ0) is 15.5.